The van der Waals surface area contributed by atoms with Gasteiger partial charge >= 0.3 is 0 Å². The number of imidazole rings is 1. The summed E-state index contributed by atoms with van der Waals surface area (Å²) in [7, 11) is 0. The largest absolute Gasteiger partial charge is 0.357 e. The van der Waals surface area contributed by atoms with Crippen molar-refractivity contribution in [1.29, 1.82) is 0 Å². The van der Waals surface area contributed by atoms with Crippen molar-refractivity contribution in [3.05, 3.63) is 57.6 Å². The predicted molar refractivity (Wildman–Crippen MR) is 131 cm³/mol. The maximum atomic E-state index is 14.6. The molecule has 2 N–H and O–H groups in total. The number of nitrogens with zero attached hydrogens (tertiary/aromatic N) is 7. The number of piperazine rings is 1. The molecular formula is C23H25ClFN9O. The van der Waals surface area contributed by atoms with E-state index in [0.29, 0.717) is 30.4 Å². The highest BCUT2D eigenvalue weighted by molar-refractivity contribution is 6.47. The first-order chi connectivity index (χ1) is 17.1. The lowest BCUT2D eigenvalue weighted by atomic mass is 10.1. The Bertz CT molecular complexity index is 1470. The Balaban J connectivity index is 1.58. The summed E-state index contributed by atoms with van der Waals surface area (Å²) in [5, 5.41) is 13.8. The molecule has 2 aliphatic carbocycles. The van der Waals surface area contributed by atoms with E-state index in [0.717, 1.165) is 25.9 Å². The molecule has 2 fully saturated rings. The first-order valence-electron chi connectivity index (χ1n) is 11.8. The molecule has 35 heavy (non-hydrogen) atoms. The van der Waals surface area contributed by atoms with Crippen LogP contribution in [0.4, 0.5) is 10.2 Å². The van der Waals surface area contributed by atoms with Crippen LogP contribution in [0.1, 0.15) is 31.1 Å². The number of hydrogen-bond donors (Lipinski definition) is 2. The molecule has 3 aliphatic rings. The minimum atomic E-state index is -1.26. The van der Waals surface area contributed by atoms with Crippen LogP contribution in [-0.4, -0.2) is 61.6 Å². The fourth-order valence-corrected chi connectivity index (χ4v) is 4.94. The monoisotopic (exact) mass is 497 g/mol. The third-order valence-electron chi connectivity index (χ3n) is 6.55. The molecule has 4 heterocycles. The van der Waals surface area contributed by atoms with Gasteiger partial charge in [0.2, 0.25) is 0 Å². The second-order valence-electron chi connectivity index (χ2n) is 8.98. The fourth-order valence-electron chi connectivity index (χ4n) is 4.67. The lowest BCUT2D eigenvalue weighted by molar-refractivity contribution is 0.421. The number of alkyl halides is 1. The highest BCUT2D eigenvalue weighted by Gasteiger charge is 2.37. The normalized spacial score (nSPS) is 24.7. The van der Waals surface area contributed by atoms with Gasteiger partial charge in [0.05, 0.1) is 21.6 Å². The molecule has 0 bridgehead atoms. The SMILES string of the molecule is O=c1c2/c(nc([C@@H](Nc3ncnn4ccnc34)C3CC3)n1N1CCNCC1)=C/C(F)C/C=C\C=2Cl. The smallest absolute Gasteiger partial charge is 0.281 e. The zero-order valence-electron chi connectivity index (χ0n) is 18.9. The highest BCUT2D eigenvalue weighted by Crippen LogP contribution is 2.42. The van der Waals surface area contributed by atoms with E-state index in [9.17, 15) is 9.18 Å². The van der Waals surface area contributed by atoms with E-state index in [1.165, 1.54) is 12.4 Å². The van der Waals surface area contributed by atoms with Crippen molar-refractivity contribution in [2.45, 2.75) is 31.5 Å². The van der Waals surface area contributed by atoms with Crippen LogP contribution >= 0.6 is 11.6 Å². The van der Waals surface area contributed by atoms with Gasteiger partial charge in [0.15, 0.2) is 17.3 Å². The van der Waals surface area contributed by atoms with Gasteiger partial charge in [0.1, 0.15) is 12.5 Å². The second kappa shape index (κ2) is 9.04. The zero-order valence-corrected chi connectivity index (χ0v) is 19.7. The Morgan fingerprint density at radius 2 is 2.06 bits per heavy atom. The van der Waals surface area contributed by atoms with Crippen molar-refractivity contribution in [2.75, 3.05) is 36.5 Å². The number of allylic oxidation sites excluding steroid dienone is 2. The van der Waals surface area contributed by atoms with Gasteiger partial charge < -0.3 is 15.6 Å². The van der Waals surface area contributed by atoms with Gasteiger partial charge in [-0.2, -0.15) is 5.10 Å². The van der Waals surface area contributed by atoms with Gasteiger partial charge in [-0.25, -0.2) is 28.5 Å². The lowest BCUT2D eigenvalue weighted by Gasteiger charge is -2.34. The molecule has 10 nitrogen and oxygen atoms in total. The molecule has 0 spiro atoms. The van der Waals surface area contributed by atoms with Crippen LogP contribution in [0.3, 0.4) is 0 Å². The standard InChI is InChI=1S/C23H25ClFN9O/c24-16-3-1-2-15(25)12-17-18(16)23(35)34(32-9-6-26-7-10-32)21(30-17)19(14-4-5-14)31-20-22-27-8-11-33(22)29-13-28-20/h1,3,8,11-15,19,26H,2,4-7,9-10H2,(H,28,29,31)/b3-1-,17-12-,18-16-/t15?,19-/m0/s1. The topological polar surface area (TPSA) is 105 Å². The molecule has 1 saturated carbocycles. The molecule has 12 heteroatoms. The Morgan fingerprint density at radius 1 is 1.23 bits per heavy atom. The molecule has 3 aromatic rings. The fraction of sp³-hybridized carbons (Fsp3) is 0.435. The average Bonchev–Trinajstić information content (AvgIpc) is 3.57. The number of rotatable bonds is 5. The molecular weight excluding hydrogens is 473 g/mol. The van der Waals surface area contributed by atoms with E-state index < -0.39 is 6.17 Å². The molecule has 1 unspecified atom stereocenters. The number of aromatic nitrogens is 6. The van der Waals surface area contributed by atoms with Gasteiger partial charge in [0.25, 0.3) is 5.56 Å². The van der Waals surface area contributed by atoms with E-state index >= 15 is 0 Å². The van der Waals surface area contributed by atoms with E-state index in [-0.39, 0.29) is 39.5 Å². The van der Waals surface area contributed by atoms with Crippen LogP contribution in [0.25, 0.3) is 16.8 Å². The summed E-state index contributed by atoms with van der Waals surface area (Å²) in [6, 6.07) is -0.329. The molecule has 1 aliphatic heterocycles. The van der Waals surface area contributed by atoms with Crippen molar-refractivity contribution in [3.63, 3.8) is 0 Å². The molecule has 182 valence electrons. The minimum Gasteiger partial charge on any atom is -0.357 e. The summed E-state index contributed by atoms with van der Waals surface area (Å²) in [6.07, 6.45) is 10.4. The van der Waals surface area contributed by atoms with Crippen LogP contribution in [-0.2, 0) is 0 Å². The Morgan fingerprint density at radius 3 is 2.86 bits per heavy atom. The van der Waals surface area contributed by atoms with Gasteiger partial charge in [-0.1, -0.05) is 17.7 Å². The Kier molecular flexibility index (Phi) is 5.73. The summed E-state index contributed by atoms with van der Waals surface area (Å²) in [5.41, 5.74) is 0.283. The van der Waals surface area contributed by atoms with E-state index in [1.807, 2.05) is 5.01 Å². The van der Waals surface area contributed by atoms with Crippen LogP contribution < -0.4 is 31.8 Å². The number of anilines is 1. The van der Waals surface area contributed by atoms with Crippen molar-refractivity contribution >= 4 is 34.2 Å². The van der Waals surface area contributed by atoms with Crippen molar-refractivity contribution in [2.24, 2.45) is 5.92 Å². The highest BCUT2D eigenvalue weighted by atomic mass is 35.5. The van der Waals surface area contributed by atoms with Gasteiger partial charge in [0, 0.05) is 45.0 Å². The van der Waals surface area contributed by atoms with E-state index in [4.69, 9.17) is 16.6 Å². The second-order valence-corrected chi connectivity index (χ2v) is 9.39. The molecule has 0 amide bonds. The predicted octanol–water partition coefficient (Wildman–Crippen LogP) is 0.211. The van der Waals surface area contributed by atoms with E-state index in [1.54, 1.807) is 33.7 Å². The van der Waals surface area contributed by atoms with Gasteiger partial charge in [-0.3, -0.25) is 4.79 Å². The average molecular weight is 498 g/mol. The van der Waals surface area contributed by atoms with Crippen LogP contribution in [0.2, 0.25) is 0 Å². The van der Waals surface area contributed by atoms with Crippen LogP contribution in [0, 0.1) is 5.92 Å². The lowest BCUT2D eigenvalue weighted by Crippen LogP contribution is -2.60. The third kappa shape index (κ3) is 4.19. The maximum absolute atomic E-state index is 14.6. The number of fused-ring (bicyclic) bond motifs is 2. The number of halogens is 2. The van der Waals surface area contributed by atoms with Gasteiger partial charge in [-0.05, 0) is 30.9 Å². The summed E-state index contributed by atoms with van der Waals surface area (Å²) in [4.78, 5) is 27.7. The number of nitrogens with one attached hydrogen (secondary N) is 2. The zero-order chi connectivity index (χ0) is 23.9. The first kappa shape index (κ1) is 22.2. The molecule has 0 radical (unpaired) electrons. The van der Waals surface area contributed by atoms with Gasteiger partial charge in [-0.15, -0.1) is 0 Å². The van der Waals surface area contributed by atoms with E-state index in [2.05, 4.69) is 25.7 Å². The molecule has 2 atom stereocenters. The summed E-state index contributed by atoms with van der Waals surface area (Å²) in [5.74, 6) is 1.32. The summed E-state index contributed by atoms with van der Waals surface area (Å²) >= 11 is 6.54. The minimum absolute atomic E-state index is 0.177. The molecule has 1 saturated heterocycles. The Labute approximate surface area is 204 Å². The third-order valence-corrected chi connectivity index (χ3v) is 6.87. The van der Waals surface area contributed by atoms with Crippen LogP contribution in [0.15, 0.2) is 35.7 Å². The summed E-state index contributed by atoms with van der Waals surface area (Å²) in [6.45, 7) is 2.74. The summed E-state index contributed by atoms with van der Waals surface area (Å²) < 4.78 is 17.9. The van der Waals surface area contributed by atoms with Crippen LogP contribution in [0.5, 0.6) is 0 Å². The quantitative estimate of drug-likeness (QED) is 0.515. The molecule has 0 aromatic carbocycles. The Hall–Kier alpha value is -3.31. The maximum Gasteiger partial charge on any atom is 0.281 e. The molecule has 3 aromatic heterocycles. The number of hydrogen-bond acceptors (Lipinski definition) is 8. The molecule has 6 rings (SSSR count). The first-order valence-corrected chi connectivity index (χ1v) is 12.2. The van der Waals surface area contributed by atoms with Crippen molar-refractivity contribution in [1.82, 2.24) is 34.6 Å². The van der Waals surface area contributed by atoms with Crippen molar-refractivity contribution in [3.8, 4) is 0 Å². The van der Waals surface area contributed by atoms with Crippen molar-refractivity contribution < 1.29 is 4.39 Å².